The molecule has 6 heteroatoms. The first-order valence-corrected chi connectivity index (χ1v) is 9.44. The zero-order valence-electron chi connectivity index (χ0n) is 16.8. The maximum Gasteiger partial charge on any atom is 0.216 e. The highest BCUT2D eigenvalue weighted by Crippen LogP contribution is 2.39. The zero-order valence-corrected chi connectivity index (χ0v) is 17.7. The van der Waals surface area contributed by atoms with E-state index in [-0.39, 0.29) is 10.8 Å². The molecule has 0 unspecified atom stereocenters. The van der Waals surface area contributed by atoms with Gasteiger partial charge in [-0.3, -0.25) is 5.10 Å². The van der Waals surface area contributed by atoms with Gasteiger partial charge in [0.25, 0.3) is 0 Å². The first-order valence-electron chi connectivity index (χ1n) is 9.03. The molecule has 1 heterocycles. The maximum atomic E-state index is 10.8. The number of aromatic amines is 1. The lowest BCUT2D eigenvalue weighted by molar-refractivity contribution is 0.423. The SMILES string of the molecule is CCCc1n[nH]c(=S)n1/N=C\c1cc(C(C)(C)C)c(O)c(C(C)(C)C)c1. The fraction of sp³-hybridized carbons (Fsp3) is 0.550. The number of benzene rings is 1. The highest BCUT2D eigenvalue weighted by Gasteiger charge is 2.26. The molecule has 142 valence electrons. The predicted molar refractivity (Wildman–Crippen MR) is 110 cm³/mol. The van der Waals surface area contributed by atoms with Crippen molar-refractivity contribution in [2.45, 2.75) is 72.1 Å². The number of hydrogen-bond donors (Lipinski definition) is 2. The molecule has 0 radical (unpaired) electrons. The summed E-state index contributed by atoms with van der Waals surface area (Å²) in [6.07, 6.45) is 3.56. The van der Waals surface area contributed by atoms with Crippen LogP contribution in [0.25, 0.3) is 0 Å². The lowest BCUT2D eigenvalue weighted by Gasteiger charge is -2.27. The van der Waals surface area contributed by atoms with Crippen LogP contribution in [-0.4, -0.2) is 26.2 Å². The number of nitrogens with zero attached hydrogens (tertiary/aromatic N) is 3. The zero-order chi connectivity index (χ0) is 19.7. The van der Waals surface area contributed by atoms with Crippen LogP contribution >= 0.6 is 12.2 Å². The van der Waals surface area contributed by atoms with Crippen LogP contribution < -0.4 is 0 Å². The van der Waals surface area contributed by atoms with E-state index in [9.17, 15) is 5.11 Å². The Morgan fingerprint density at radius 2 is 1.69 bits per heavy atom. The van der Waals surface area contributed by atoms with Gasteiger partial charge >= 0.3 is 0 Å². The number of phenolic OH excluding ortho intramolecular Hbond substituents is 1. The lowest BCUT2D eigenvalue weighted by atomic mass is 9.78. The molecule has 0 atom stereocenters. The Labute approximate surface area is 161 Å². The Bertz CT molecular complexity index is 828. The largest absolute Gasteiger partial charge is 0.507 e. The summed E-state index contributed by atoms with van der Waals surface area (Å²) in [5.41, 5.74) is 2.41. The fourth-order valence-corrected chi connectivity index (χ4v) is 3.03. The Hall–Kier alpha value is -1.95. The molecule has 0 aliphatic rings. The average molecular weight is 375 g/mol. The maximum absolute atomic E-state index is 10.8. The number of H-pyrrole nitrogens is 1. The Morgan fingerprint density at radius 3 is 2.15 bits per heavy atom. The minimum absolute atomic E-state index is 0.173. The van der Waals surface area contributed by atoms with Gasteiger partial charge in [0.1, 0.15) is 5.75 Å². The standard InChI is InChI=1S/C20H30N4OS/c1-8-9-16-22-23-18(26)24(16)21-12-13-10-14(19(2,3)4)17(25)15(11-13)20(5,6)7/h10-12,25H,8-9H2,1-7H3,(H,23,26)/b21-12-. The molecular formula is C20H30N4OS. The van der Waals surface area contributed by atoms with E-state index in [1.54, 1.807) is 10.9 Å². The van der Waals surface area contributed by atoms with Crippen LogP contribution in [0, 0.1) is 4.77 Å². The molecule has 0 saturated carbocycles. The van der Waals surface area contributed by atoms with Crippen molar-refractivity contribution in [3.05, 3.63) is 39.4 Å². The third-order valence-corrected chi connectivity index (χ3v) is 4.53. The molecule has 0 amide bonds. The minimum Gasteiger partial charge on any atom is -0.507 e. The third-order valence-electron chi connectivity index (χ3n) is 4.26. The number of phenols is 1. The van der Waals surface area contributed by atoms with Gasteiger partial charge in [0, 0.05) is 17.5 Å². The van der Waals surface area contributed by atoms with Gasteiger partial charge in [0.2, 0.25) is 4.77 Å². The van der Waals surface area contributed by atoms with E-state index in [4.69, 9.17) is 12.2 Å². The number of rotatable bonds is 4. The molecule has 26 heavy (non-hydrogen) atoms. The normalized spacial score (nSPS) is 12.9. The molecule has 0 saturated heterocycles. The molecule has 0 fully saturated rings. The second-order valence-electron chi connectivity index (χ2n) is 8.72. The summed E-state index contributed by atoms with van der Waals surface area (Å²) in [6.45, 7) is 14.7. The van der Waals surface area contributed by atoms with Gasteiger partial charge in [0.15, 0.2) is 5.82 Å². The van der Waals surface area contributed by atoms with Crippen LogP contribution in [0.3, 0.4) is 0 Å². The van der Waals surface area contributed by atoms with Crippen LogP contribution in [0.2, 0.25) is 0 Å². The second-order valence-corrected chi connectivity index (χ2v) is 9.10. The van der Waals surface area contributed by atoms with Gasteiger partial charge < -0.3 is 5.11 Å². The average Bonchev–Trinajstić information content (AvgIpc) is 2.84. The highest BCUT2D eigenvalue weighted by molar-refractivity contribution is 7.71. The summed E-state index contributed by atoms with van der Waals surface area (Å²) in [5.74, 6) is 1.19. The summed E-state index contributed by atoms with van der Waals surface area (Å²) in [6, 6.07) is 3.99. The van der Waals surface area contributed by atoms with Crippen LogP contribution in [0.15, 0.2) is 17.2 Å². The Balaban J connectivity index is 2.57. The van der Waals surface area contributed by atoms with Crippen molar-refractivity contribution < 1.29 is 5.11 Å². The number of hydrogen-bond acceptors (Lipinski definition) is 4. The van der Waals surface area contributed by atoms with E-state index in [2.05, 4.69) is 63.8 Å². The molecule has 2 N–H and O–H groups in total. The van der Waals surface area contributed by atoms with Crippen molar-refractivity contribution in [3.63, 3.8) is 0 Å². The summed E-state index contributed by atoms with van der Waals surface area (Å²) >= 11 is 5.28. The van der Waals surface area contributed by atoms with Crippen LogP contribution in [0.4, 0.5) is 0 Å². The van der Waals surface area contributed by atoms with Crippen LogP contribution in [0.1, 0.15) is 77.4 Å². The topological polar surface area (TPSA) is 66.2 Å². The van der Waals surface area contributed by atoms with E-state index in [1.807, 2.05) is 12.1 Å². The van der Waals surface area contributed by atoms with E-state index in [0.717, 1.165) is 35.4 Å². The second kappa shape index (κ2) is 7.35. The van der Waals surface area contributed by atoms with E-state index < -0.39 is 0 Å². The monoisotopic (exact) mass is 374 g/mol. The highest BCUT2D eigenvalue weighted by atomic mass is 32.1. The molecule has 0 spiro atoms. The fourth-order valence-electron chi connectivity index (χ4n) is 2.83. The van der Waals surface area contributed by atoms with Crippen molar-refractivity contribution in [3.8, 4) is 5.75 Å². The van der Waals surface area contributed by atoms with E-state index >= 15 is 0 Å². The quantitative estimate of drug-likeness (QED) is 0.579. The summed E-state index contributed by atoms with van der Waals surface area (Å²) in [7, 11) is 0. The predicted octanol–water partition coefficient (Wildman–Crippen LogP) is 5.08. The number of aryl methyl sites for hydroxylation is 1. The lowest BCUT2D eigenvalue weighted by Crippen LogP contribution is -2.18. The Kier molecular flexibility index (Phi) is 5.76. The molecule has 0 bridgehead atoms. The first-order chi connectivity index (χ1) is 11.9. The van der Waals surface area contributed by atoms with E-state index in [1.165, 1.54) is 0 Å². The van der Waals surface area contributed by atoms with Gasteiger partial charge in [0.05, 0.1) is 6.21 Å². The summed E-state index contributed by atoms with van der Waals surface area (Å²) in [5, 5.41) is 22.4. The van der Waals surface area contributed by atoms with Gasteiger partial charge in [-0.1, -0.05) is 48.5 Å². The number of aromatic nitrogens is 3. The van der Waals surface area contributed by atoms with Crippen molar-refractivity contribution in [1.29, 1.82) is 0 Å². The van der Waals surface area contributed by atoms with Gasteiger partial charge in [-0.2, -0.15) is 14.9 Å². The van der Waals surface area contributed by atoms with Crippen LogP contribution in [0.5, 0.6) is 5.75 Å². The molecule has 2 aromatic rings. The minimum atomic E-state index is -0.173. The van der Waals surface area contributed by atoms with Crippen molar-refractivity contribution in [1.82, 2.24) is 14.9 Å². The summed E-state index contributed by atoms with van der Waals surface area (Å²) in [4.78, 5) is 0. The smallest absolute Gasteiger partial charge is 0.216 e. The third kappa shape index (κ3) is 4.41. The molecular weight excluding hydrogens is 344 g/mol. The van der Waals surface area contributed by atoms with Gasteiger partial charge in [-0.15, -0.1) is 0 Å². The molecule has 0 aliphatic carbocycles. The van der Waals surface area contributed by atoms with E-state index in [0.29, 0.717) is 10.5 Å². The molecule has 0 aliphatic heterocycles. The van der Waals surface area contributed by atoms with Crippen LogP contribution in [-0.2, 0) is 17.3 Å². The van der Waals surface area contributed by atoms with Crippen molar-refractivity contribution in [2.75, 3.05) is 0 Å². The number of nitrogens with one attached hydrogen (secondary N) is 1. The Morgan fingerprint density at radius 1 is 1.15 bits per heavy atom. The molecule has 1 aromatic carbocycles. The molecule has 5 nitrogen and oxygen atoms in total. The van der Waals surface area contributed by atoms with Crippen molar-refractivity contribution >= 4 is 18.4 Å². The number of aromatic hydroxyl groups is 1. The van der Waals surface area contributed by atoms with Gasteiger partial charge in [-0.25, -0.2) is 0 Å². The first kappa shape index (κ1) is 20.4. The molecule has 1 aromatic heterocycles. The molecule has 2 rings (SSSR count). The van der Waals surface area contributed by atoms with Gasteiger partial charge in [-0.05, 0) is 47.2 Å². The van der Waals surface area contributed by atoms with Crippen molar-refractivity contribution in [2.24, 2.45) is 5.10 Å². The summed E-state index contributed by atoms with van der Waals surface area (Å²) < 4.78 is 2.15.